The lowest BCUT2D eigenvalue weighted by Crippen LogP contribution is -2.22. The van der Waals surface area contributed by atoms with E-state index in [0.717, 1.165) is 5.56 Å². The number of hydrogen-bond acceptors (Lipinski definition) is 4. The Morgan fingerprint density at radius 1 is 1.32 bits per heavy atom. The topological polar surface area (TPSA) is 72.0 Å². The van der Waals surface area contributed by atoms with Crippen LogP contribution in [0.1, 0.15) is 40.9 Å². The number of nitrogens with one attached hydrogen (secondary N) is 1. The van der Waals surface area contributed by atoms with Crippen molar-refractivity contribution in [2.24, 2.45) is 0 Å². The number of Topliss-reactive ketones (excluding diaryl/α,β-unsaturated/α-hetero) is 1. The van der Waals surface area contributed by atoms with Crippen molar-refractivity contribution < 1.29 is 9.59 Å². The van der Waals surface area contributed by atoms with E-state index >= 15 is 0 Å². The molecule has 5 nitrogen and oxygen atoms in total. The van der Waals surface area contributed by atoms with Gasteiger partial charge in [-0.25, -0.2) is 9.97 Å². The molecule has 1 aliphatic rings. The van der Waals surface area contributed by atoms with Gasteiger partial charge < -0.3 is 0 Å². The Labute approximate surface area is 132 Å². The Hall–Kier alpha value is -2.27. The van der Waals surface area contributed by atoms with Crippen molar-refractivity contribution in [2.45, 2.75) is 25.7 Å². The number of anilines is 1. The summed E-state index contributed by atoms with van der Waals surface area (Å²) in [5, 5.41) is 3.19. The summed E-state index contributed by atoms with van der Waals surface area (Å²) in [5.74, 6) is -0.0297. The van der Waals surface area contributed by atoms with Gasteiger partial charge in [0, 0.05) is 24.6 Å². The molecule has 1 amide bonds. The molecule has 0 saturated carbocycles. The number of halogens is 1. The highest BCUT2D eigenvalue weighted by Crippen LogP contribution is 2.35. The second kappa shape index (κ2) is 5.85. The van der Waals surface area contributed by atoms with Gasteiger partial charge in [-0.05, 0) is 24.0 Å². The standard InChI is InChI=1S/C16H14ClN3O2/c1-9(21)19-16-18-8-12-14(20-16)6-10(7-15(12)22)11-4-2-3-5-13(11)17/h2-5,8,10H,6-7H2,1H3,(H,18,19,20,21)/t10-/m1/s1. The molecule has 0 unspecified atom stereocenters. The SMILES string of the molecule is CC(=O)Nc1ncc2c(n1)C[C@@H](c1ccccc1Cl)CC2=O. The van der Waals surface area contributed by atoms with Crippen LogP contribution in [0.4, 0.5) is 5.95 Å². The van der Waals surface area contributed by atoms with Crippen molar-refractivity contribution in [1.29, 1.82) is 0 Å². The highest BCUT2D eigenvalue weighted by molar-refractivity contribution is 6.31. The maximum Gasteiger partial charge on any atom is 0.229 e. The summed E-state index contributed by atoms with van der Waals surface area (Å²) in [4.78, 5) is 31.7. The minimum atomic E-state index is -0.246. The van der Waals surface area contributed by atoms with Gasteiger partial charge in [0.05, 0.1) is 11.3 Å². The fraction of sp³-hybridized carbons (Fsp3) is 0.250. The van der Waals surface area contributed by atoms with Crippen molar-refractivity contribution >= 4 is 29.2 Å². The summed E-state index contributed by atoms with van der Waals surface area (Å²) in [6, 6.07) is 7.52. The molecule has 0 saturated heterocycles. The lowest BCUT2D eigenvalue weighted by molar-refractivity contribution is -0.114. The molecule has 0 radical (unpaired) electrons. The lowest BCUT2D eigenvalue weighted by atomic mass is 9.82. The van der Waals surface area contributed by atoms with E-state index in [1.807, 2.05) is 24.3 Å². The van der Waals surface area contributed by atoms with Crippen LogP contribution in [-0.4, -0.2) is 21.7 Å². The molecular weight excluding hydrogens is 302 g/mol. The number of benzene rings is 1. The first-order valence-electron chi connectivity index (χ1n) is 6.95. The van der Waals surface area contributed by atoms with E-state index in [2.05, 4.69) is 15.3 Å². The number of hydrogen-bond donors (Lipinski definition) is 1. The summed E-state index contributed by atoms with van der Waals surface area (Å²) in [5.41, 5.74) is 2.13. The third-order valence-electron chi connectivity index (χ3n) is 3.67. The van der Waals surface area contributed by atoms with E-state index in [0.29, 0.717) is 29.1 Å². The molecule has 3 rings (SSSR count). The van der Waals surface area contributed by atoms with Crippen LogP contribution < -0.4 is 5.32 Å². The molecule has 112 valence electrons. The Morgan fingerprint density at radius 3 is 2.82 bits per heavy atom. The molecule has 1 atom stereocenters. The molecule has 0 fully saturated rings. The fourth-order valence-corrected chi connectivity index (χ4v) is 2.98. The zero-order chi connectivity index (χ0) is 15.7. The van der Waals surface area contributed by atoms with E-state index < -0.39 is 0 Å². The fourth-order valence-electron chi connectivity index (χ4n) is 2.69. The van der Waals surface area contributed by atoms with Crippen LogP contribution in [0.25, 0.3) is 0 Å². The number of nitrogens with zero attached hydrogens (tertiary/aromatic N) is 2. The van der Waals surface area contributed by atoms with Crippen LogP contribution in [0.2, 0.25) is 5.02 Å². The Morgan fingerprint density at radius 2 is 2.09 bits per heavy atom. The van der Waals surface area contributed by atoms with E-state index in [-0.39, 0.29) is 23.6 Å². The van der Waals surface area contributed by atoms with Crippen LogP contribution in [0.5, 0.6) is 0 Å². The highest BCUT2D eigenvalue weighted by atomic mass is 35.5. The average molecular weight is 316 g/mol. The summed E-state index contributed by atoms with van der Waals surface area (Å²) in [7, 11) is 0. The summed E-state index contributed by atoms with van der Waals surface area (Å²) in [6.45, 7) is 1.39. The quantitative estimate of drug-likeness (QED) is 0.924. The van der Waals surface area contributed by atoms with E-state index in [1.54, 1.807) is 0 Å². The summed E-state index contributed by atoms with van der Waals surface area (Å²) >= 11 is 6.23. The van der Waals surface area contributed by atoms with Gasteiger partial charge in [0.1, 0.15) is 0 Å². The van der Waals surface area contributed by atoms with Gasteiger partial charge in [0.2, 0.25) is 11.9 Å². The molecule has 1 aliphatic carbocycles. The van der Waals surface area contributed by atoms with Gasteiger partial charge in [-0.2, -0.15) is 0 Å². The minimum Gasteiger partial charge on any atom is -0.295 e. The Bertz CT molecular complexity index is 761. The van der Waals surface area contributed by atoms with Gasteiger partial charge >= 0.3 is 0 Å². The molecule has 1 aromatic carbocycles. The summed E-state index contributed by atoms with van der Waals surface area (Å²) in [6.07, 6.45) is 2.47. The van der Waals surface area contributed by atoms with Gasteiger partial charge in [0.15, 0.2) is 5.78 Å². The first-order chi connectivity index (χ1) is 10.5. The largest absolute Gasteiger partial charge is 0.295 e. The molecule has 1 aromatic heterocycles. The number of carbonyl (C=O) groups is 2. The number of fused-ring (bicyclic) bond motifs is 1. The lowest BCUT2D eigenvalue weighted by Gasteiger charge is -2.24. The first-order valence-corrected chi connectivity index (χ1v) is 7.33. The Kier molecular flexibility index (Phi) is 3.90. The molecule has 2 aromatic rings. The van der Waals surface area contributed by atoms with Crippen molar-refractivity contribution in [3.63, 3.8) is 0 Å². The Balaban J connectivity index is 1.95. The van der Waals surface area contributed by atoms with Gasteiger partial charge in [-0.15, -0.1) is 0 Å². The molecular formula is C16H14ClN3O2. The highest BCUT2D eigenvalue weighted by Gasteiger charge is 2.29. The molecule has 0 aliphatic heterocycles. The average Bonchev–Trinajstić information content (AvgIpc) is 2.46. The van der Waals surface area contributed by atoms with Crippen LogP contribution in [-0.2, 0) is 11.2 Å². The third-order valence-corrected chi connectivity index (χ3v) is 4.02. The van der Waals surface area contributed by atoms with Crippen LogP contribution >= 0.6 is 11.6 Å². The van der Waals surface area contributed by atoms with Crippen LogP contribution in [0.15, 0.2) is 30.5 Å². The monoisotopic (exact) mass is 315 g/mol. The van der Waals surface area contributed by atoms with E-state index in [4.69, 9.17) is 11.6 Å². The van der Waals surface area contributed by atoms with Gasteiger partial charge in [-0.1, -0.05) is 29.8 Å². The van der Waals surface area contributed by atoms with Crippen molar-refractivity contribution in [3.8, 4) is 0 Å². The number of carbonyl (C=O) groups excluding carboxylic acids is 2. The summed E-state index contributed by atoms with van der Waals surface area (Å²) < 4.78 is 0. The number of aromatic nitrogens is 2. The van der Waals surface area contributed by atoms with E-state index in [1.165, 1.54) is 13.1 Å². The van der Waals surface area contributed by atoms with Crippen LogP contribution in [0.3, 0.4) is 0 Å². The molecule has 22 heavy (non-hydrogen) atoms. The van der Waals surface area contributed by atoms with Gasteiger partial charge in [0.25, 0.3) is 0 Å². The van der Waals surface area contributed by atoms with E-state index in [9.17, 15) is 9.59 Å². The number of ketones is 1. The number of rotatable bonds is 2. The second-order valence-electron chi connectivity index (χ2n) is 5.29. The van der Waals surface area contributed by atoms with Gasteiger partial charge in [-0.3, -0.25) is 14.9 Å². The predicted molar refractivity (Wildman–Crippen MR) is 83.2 cm³/mol. The number of amides is 1. The zero-order valence-corrected chi connectivity index (χ0v) is 12.7. The second-order valence-corrected chi connectivity index (χ2v) is 5.69. The van der Waals surface area contributed by atoms with Crippen molar-refractivity contribution in [2.75, 3.05) is 5.32 Å². The first kappa shape index (κ1) is 14.7. The predicted octanol–water partition coefficient (Wildman–Crippen LogP) is 3.00. The minimum absolute atomic E-state index is 0.000504. The molecule has 1 heterocycles. The maximum absolute atomic E-state index is 12.3. The van der Waals surface area contributed by atoms with Crippen LogP contribution in [0, 0.1) is 0 Å². The molecule has 0 bridgehead atoms. The normalized spacial score (nSPS) is 17.0. The van der Waals surface area contributed by atoms with Crippen molar-refractivity contribution in [3.05, 3.63) is 52.3 Å². The molecule has 1 N–H and O–H groups in total. The van der Waals surface area contributed by atoms with Crippen molar-refractivity contribution in [1.82, 2.24) is 9.97 Å². The smallest absolute Gasteiger partial charge is 0.229 e. The maximum atomic E-state index is 12.3. The molecule has 0 spiro atoms. The third kappa shape index (κ3) is 2.85. The molecule has 6 heteroatoms. The zero-order valence-electron chi connectivity index (χ0n) is 12.0.